The molecule has 1 amide bonds. The van der Waals surface area contributed by atoms with Crippen LogP contribution >= 0.6 is 0 Å². The number of piperazine rings is 1. The molecule has 0 unspecified atom stereocenters. The van der Waals surface area contributed by atoms with E-state index in [4.69, 9.17) is 5.11 Å². The van der Waals surface area contributed by atoms with E-state index >= 15 is 0 Å². The van der Waals surface area contributed by atoms with E-state index < -0.39 is 0 Å². The average Bonchev–Trinajstić information content (AvgIpc) is 2.41. The molecular weight excluding hydrogens is 254 g/mol. The van der Waals surface area contributed by atoms with E-state index in [0.717, 1.165) is 45.0 Å². The Kier molecular flexibility index (Phi) is 5.52. The first kappa shape index (κ1) is 15.0. The Hall–Kier alpha value is -1.43. The van der Waals surface area contributed by atoms with Crippen LogP contribution in [0.1, 0.15) is 12.5 Å². The van der Waals surface area contributed by atoms with E-state index in [1.165, 1.54) is 12.5 Å². The monoisotopic (exact) mass is 277 g/mol. The fourth-order valence-corrected chi connectivity index (χ4v) is 2.52. The molecule has 0 aliphatic carbocycles. The van der Waals surface area contributed by atoms with Crippen LogP contribution in [0.3, 0.4) is 0 Å². The number of carbonyl (C=O) groups excluding carboxylic acids is 1. The van der Waals surface area contributed by atoms with Gasteiger partial charge in [0.15, 0.2) is 0 Å². The smallest absolute Gasteiger partial charge is 0.221 e. The SMILES string of the molecule is CC(=O)Nc1cccc(CN2CCN(CCO)CC2)c1. The predicted octanol–water partition coefficient (Wildman–Crippen LogP) is 0.755. The number of carbonyl (C=O) groups is 1. The lowest BCUT2D eigenvalue weighted by Crippen LogP contribution is -2.46. The molecule has 110 valence electrons. The highest BCUT2D eigenvalue weighted by molar-refractivity contribution is 5.88. The Labute approximate surface area is 120 Å². The van der Waals surface area contributed by atoms with Gasteiger partial charge in [0.2, 0.25) is 5.91 Å². The van der Waals surface area contributed by atoms with Crippen LogP contribution in [0.5, 0.6) is 0 Å². The summed E-state index contributed by atoms with van der Waals surface area (Å²) >= 11 is 0. The van der Waals surface area contributed by atoms with Gasteiger partial charge in [0.05, 0.1) is 6.61 Å². The molecule has 0 saturated carbocycles. The molecule has 1 aliphatic heterocycles. The lowest BCUT2D eigenvalue weighted by Gasteiger charge is -2.34. The Morgan fingerprint density at radius 1 is 1.25 bits per heavy atom. The van der Waals surface area contributed by atoms with Crippen molar-refractivity contribution < 1.29 is 9.90 Å². The third kappa shape index (κ3) is 4.59. The fourth-order valence-electron chi connectivity index (χ4n) is 2.52. The molecule has 1 aliphatic rings. The zero-order chi connectivity index (χ0) is 14.4. The number of aliphatic hydroxyl groups excluding tert-OH is 1. The second-order valence-electron chi connectivity index (χ2n) is 5.22. The van der Waals surface area contributed by atoms with Crippen molar-refractivity contribution in [3.63, 3.8) is 0 Å². The highest BCUT2D eigenvalue weighted by Gasteiger charge is 2.16. The maximum Gasteiger partial charge on any atom is 0.221 e. The molecule has 0 radical (unpaired) electrons. The molecule has 20 heavy (non-hydrogen) atoms. The van der Waals surface area contributed by atoms with E-state index in [1.807, 2.05) is 18.2 Å². The van der Waals surface area contributed by atoms with Crippen LogP contribution in [-0.4, -0.2) is 60.1 Å². The molecule has 0 bridgehead atoms. The van der Waals surface area contributed by atoms with Crippen molar-refractivity contribution in [1.29, 1.82) is 0 Å². The second-order valence-corrected chi connectivity index (χ2v) is 5.22. The number of hydrogen-bond acceptors (Lipinski definition) is 4. The minimum Gasteiger partial charge on any atom is -0.395 e. The van der Waals surface area contributed by atoms with E-state index in [0.29, 0.717) is 0 Å². The lowest BCUT2D eigenvalue weighted by molar-refractivity contribution is -0.114. The van der Waals surface area contributed by atoms with Crippen LogP contribution < -0.4 is 5.32 Å². The summed E-state index contributed by atoms with van der Waals surface area (Å²) in [7, 11) is 0. The van der Waals surface area contributed by atoms with Gasteiger partial charge in [-0.3, -0.25) is 14.6 Å². The number of amides is 1. The lowest BCUT2D eigenvalue weighted by atomic mass is 10.1. The Morgan fingerprint density at radius 3 is 2.60 bits per heavy atom. The predicted molar refractivity (Wildman–Crippen MR) is 79.5 cm³/mol. The average molecular weight is 277 g/mol. The van der Waals surface area contributed by atoms with Crippen LogP contribution in [0.2, 0.25) is 0 Å². The third-order valence-electron chi connectivity index (χ3n) is 3.53. The Bertz CT molecular complexity index is 442. The maximum absolute atomic E-state index is 11.1. The van der Waals surface area contributed by atoms with Crippen LogP contribution in [-0.2, 0) is 11.3 Å². The first-order valence-corrected chi connectivity index (χ1v) is 7.09. The Balaban J connectivity index is 1.86. The zero-order valence-corrected chi connectivity index (χ0v) is 12.0. The topological polar surface area (TPSA) is 55.8 Å². The van der Waals surface area contributed by atoms with Gasteiger partial charge in [-0.15, -0.1) is 0 Å². The quantitative estimate of drug-likeness (QED) is 0.834. The minimum absolute atomic E-state index is 0.0419. The van der Waals surface area contributed by atoms with Gasteiger partial charge in [-0.25, -0.2) is 0 Å². The summed E-state index contributed by atoms with van der Waals surface area (Å²) in [5.41, 5.74) is 2.07. The van der Waals surface area contributed by atoms with Crippen molar-refractivity contribution in [1.82, 2.24) is 9.80 Å². The second kappa shape index (κ2) is 7.38. The molecule has 2 rings (SSSR count). The van der Waals surface area contributed by atoms with Gasteiger partial charge in [-0.05, 0) is 17.7 Å². The number of anilines is 1. The van der Waals surface area contributed by atoms with Crippen molar-refractivity contribution in [2.45, 2.75) is 13.5 Å². The van der Waals surface area contributed by atoms with Crippen molar-refractivity contribution in [3.8, 4) is 0 Å². The fraction of sp³-hybridized carbons (Fsp3) is 0.533. The highest BCUT2D eigenvalue weighted by atomic mass is 16.3. The normalized spacial score (nSPS) is 17.1. The van der Waals surface area contributed by atoms with Gasteiger partial charge < -0.3 is 10.4 Å². The van der Waals surface area contributed by atoms with E-state index in [9.17, 15) is 4.79 Å². The van der Waals surface area contributed by atoms with E-state index in [2.05, 4.69) is 21.2 Å². The molecular formula is C15H23N3O2. The van der Waals surface area contributed by atoms with Crippen LogP contribution in [0.15, 0.2) is 24.3 Å². The van der Waals surface area contributed by atoms with Crippen LogP contribution in [0, 0.1) is 0 Å². The van der Waals surface area contributed by atoms with E-state index in [-0.39, 0.29) is 12.5 Å². The van der Waals surface area contributed by atoms with Gasteiger partial charge in [0.25, 0.3) is 0 Å². The molecule has 2 N–H and O–H groups in total. The molecule has 5 heteroatoms. The Morgan fingerprint density at radius 2 is 1.95 bits per heavy atom. The number of nitrogens with one attached hydrogen (secondary N) is 1. The molecule has 1 aromatic carbocycles. The molecule has 1 heterocycles. The maximum atomic E-state index is 11.1. The van der Waals surface area contributed by atoms with E-state index in [1.54, 1.807) is 0 Å². The number of hydrogen-bond donors (Lipinski definition) is 2. The summed E-state index contributed by atoms with van der Waals surface area (Å²) in [6, 6.07) is 8.00. The van der Waals surface area contributed by atoms with Gasteiger partial charge in [0, 0.05) is 51.9 Å². The van der Waals surface area contributed by atoms with Gasteiger partial charge in [-0.1, -0.05) is 12.1 Å². The highest BCUT2D eigenvalue weighted by Crippen LogP contribution is 2.14. The van der Waals surface area contributed by atoms with Crippen molar-refractivity contribution >= 4 is 11.6 Å². The van der Waals surface area contributed by atoms with Crippen molar-refractivity contribution in [3.05, 3.63) is 29.8 Å². The number of benzene rings is 1. The summed E-state index contributed by atoms with van der Waals surface area (Å²) < 4.78 is 0. The summed E-state index contributed by atoms with van der Waals surface area (Å²) in [6.45, 7) is 7.48. The molecule has 5 nitrogen and oxygen atoms in total. The summed E-state index contributed by atoms with van der Waals surface area (Å²) in [5, 5.41) is 11.7. The first-order valence-electron chi connectivity index (χ1n) is 7.09. The zero-order valence-electron chi connectivity index (χ0n) is 12.0. The first-order chi connectivity index (χ1) is 9.67. The summed E-state index contributed by atoms with van der Waals surface area (Å²) in [4.78, 5) is 15.8. The van der Waals surface area contributed by atoms with Crippen molar-refractivity contribution in [2.75, 3.05) is 44.6 Å². The minimum atomic E-state index is -0.0419. The van der Waals surface area contributed by atoms with Gasteiger partial charge >= 0.3 is 0 Å². The standard InChI is InChI=1S/C15H23N3O2/c1-13(20)16-15-4-2-3-14(11-15)12-18-7-5-17(6-8-18)9-10-19/h2-4,11,19H,5-10,12H2,1H3,(H,16,20). The molecule has 0 aromatic heterocycles. The molecule has 0 spiro atoms. The largest absolute Gasteiger partial charge is 0.395 e. The van der Waals surface area contributed by atoms with Crippen molar-refractivity contribution in [2.24, 2.45) is 0 Å². The molecule has 1 saturated heterocycles. The molecule has 0 atom stereocenters. The van der Waals surface area contributed by atoms with Gasteiger partial charge in [0.1, 0.15) is 0 Å². The number of aliphatic hydroxyl groups is 1. The molecule has 1 fully saturated rings. The third-order valence-corrected chi connectivity index (χ3v) is 3.53. The number of nitrogens with zero attached hydrogens (tertiary/aromatic N) is 2. The van der Waals surface area contributed by atoms with Crippen LogP contribution in [0.25, 0.3) is 0 Å². The number of β-amino-alcohol motifs (C(OH)–C–C–N with tert-alkyl or cyclic N) is 1. The molecule has 1 aromatic rings. The van der Waals surface area contributed by atoms with Gasteiger partial charge in [-0.2, -0.15) is 0 Å². The summed E-state index contributed by atoms with van der Waals surface area (Å²) in [5.74, 6) is -0.0419. The van der Waals surface area contributed by atoms with Crippen LogP contribution in [0.4, 0.5) is 5.69 Å². The number of rotatable bonds is 5. The summed E-state index contributed by atoms with van der Waals surface area (Å²) in [6.07, 6.45) is 0.